The van der Waals surface area contributed by atoms with E-state index in [0.717, 1.165) is 0 Å². The Morgan fingerprint density at radius 1 is 1.00 bits per heavy atom. The summed E-state index contributed by atoms with van der Waals surface area (Å²) in [7, 11) is 0. The Kier molecular flexibility index (Phi) is 3.34. The van der Waals surface area contributed by atoms with Crippen LogP contribution in [0.2, 0.25) is 0 Å². The van der Waals surface area contributed by atoms with Gasteiger partial charge in [-0.05, 0) is 52.3 Å². The van der Waals surface area contributed by atoms with Crippen LogP contribution >= 0.6 is 15.9 Å². The van der Waals surface area contributed by atoms with Crippen molar-refractivity contribution in [3.63, 3.8) is 0 Å². The number of anilines is 2. The first-order valence-corrected chi connectivity index (χ1v) is 5.92. The van der Waals surface area contributed by atoms with Crippen LogP contribution in [0.3, 0.4) is 0 Å². The SMILES string of the molecule is Nc1cc(N)cc(C(=O)c2ccc(F)c(Br)c2)c1. The predicted octanol–water partition coefficient (Wildman–Crippen LogP) is 2.98. The molecule has 0 atom stereocenters. The molecule has 0 bridgehead atoms. The zero-order chi connectivity index (χ0) is 13.3. The number of carbonyl (C=O) groups excluding carboxylic acids is 1. The third kappa shape index (κ3) is 2.51. The van der Waals surface area contributed by atoms with E-state index < -0.39 is 5.82 Å². The molecule has 2 rings (SSSR count). The molecule has 0 heterocycles. The quantitative estimate of drug-likeness (QED) is 0.662. The average molecular weight is 309 g/mol. The van der Waals surface area contributed by atoms with Gasteiger partial charge in [0.1, 0.15) is 5.82 Å². The highest BCUT2D eigenvalue weighted by atomic mass is 79.9. The Labute approximate surface area is 112 Å². The van der Waals surface area contributed by atoms with Gasteiger partial charge < -0.3 is 11.5 Å². The second-order valence-electron chi connectivity index (χ2n) is 3.85. The van der Waals surface area contributed by atoms with Gasteiger partial charge in [-0.15, -0.1) is 0 Å². The molecule has 0 aliphatic rings. The number of rotatable bonds is 2. The molecule has 92 valence electrons. The van der Waals surface area contributed by atoms with Crippen LogP contribution < -0.4 is 11.5 Å². The molecule has 5 heteroatoms. The van der Waals surface area contributed by atoms with Crippen LogP contribution in [0.25, 0.3) is 0 Å². The molecular formula is C13H10BrFN2O. The second-order valence-corrected chi connectivity index (χ2v) is 4.70. The van der Waals surface area contributed by atoms with Crippen LogP contribution in [0.15, 0.2) is 40.9 Å². The fourth-order valence-corrected chi connectivity index (χ4v) is 1.99. The fraction of sp³-hybridized carbons (Fsp3) is 0. The molecule has 3 nitrogen and oxygen atoms in total. The molecule has 0 aliphatic heterocycles. The molecule has 0 aromatic heterocycles. The van der Waals surface area contributed by atoms with E-state index in [1.165, 1.54) is 30.3 Å². The van der Waals surface area contributed by atoms with Crippen LogP contribution in [0.5, 0.6) is 0 Å². The average Bonchev–Trinajstić information content (AvgIpc) is 2.30. The lowest BCUT2D eigenvalue weighted by Crippen LogP contribution is -2.04. The molecule has 0 saturated carbocycles. The van der Waals surface area contributed by atoms with E-state index in [2.05, 4.69) is 15.9 Å². The first-order valence-electron chi connectivity index (χ1n) is 5.13. The number of halogens is 2. The summed E-state index contributed by atoms with van der Waals surface area (Å²) in [6.45, 7) is 0. The molecular weight excluding hydrogens is 299 g/mol. The van der Waals surface area contributed by atoms with E-state index in [1.807, 2.05) is 0 Å². The largest absolute Gasteiger partial charge is 0.399 e. The third-order valence-corrected chi connectivity index (χ3v) is 3.03. The lowest BCUT2D eigenvalue weighted by molar-refractivity contribution is 0.103. The summed E-state index contributed by atoms with van der Waals surface area (Å²) in [6.07, 6.45) is 0. The summed E-state index contributed by atoms with van der Waals surface area (Å²) in [5.74, 6) is -0.673. The smallest absolute Gasteiger partial charge is 0.193 e. The lowest BCUT2D eigenvalue weighted by Gasteiger charge is -2.05. The van der Waals surface area contributed by atoms with Gasteiger partial charge in [0.2, 0.25) is 0 Å². The molecule has 2 aromatic carbocycles. The van der Waals surface area contributed by atoms with Gasteiger partial charge in [0.25, 0.3) is 0 Å². The summed E-state index contributed by atoms with van der Waals surface area (Å²) in [5, 5.41) is 0. The van der Waals surface area contributed by atoms with Gasteiger partial charge >= 0.3 is 0 Å². The number of ketones is 1. The van der Waals surface area contributed by atoms with Crippen LogP contribution in [0, 0.1) is 5.82 Å². The van der Waals surface area contributed by atoms with Crippen molar-refractivity contribution in [3.05, 3.63) is 57.8 Å². The normalized spacial score (nSPS) is 10.3. The van der Waals surface area contributed by atoms with Crippen LogP contribution in [-0.2, 0) is 0 Å². The van der Waals surface area contributed by atoms with E-state index in [4.69, 9.17) is 11.5 Å². The number of nitrogens with two attached hydrogens (primary N) is 2. The molecule has 0 unspecified atom stereocenters. The number of benzene rings is 2. The predicted molar refractivity (Wildman–Crippen MR) is 72.8 cm³/mol. The minimum atomic E-state index is -0.418. The van der Waals surface area contributed by atoms with Crippen molar-refractivity contribution in [1.29, 1.82) is 0 Å². The Morgan fingerprint density at radius 2 is 1.61 bits per heavy atom. The van der Waals surface area contributed by atoms with Gasteiger partial charge in [0.05, 0.1) is 4.47 Å². The summed E-state index contributed by atoms with van der Waals surface area (Å²) < 4.78 is 13.3. The fourth-order valence-electron chi connectivity index (χ4n) is 1.61. The molecule has 0 radical (unpaired) electrons. The van der Waals surface area contributed by atoms with Gasteiger partial charge in [-0.1, -0.05) is 0 Å². The van der Waals surface area contributed by atoms with Crippen molar-refractivity contribution < 1.29 is 9.18 Å². The highest BCUT2D eigenvalue weighted by molar-refractivity contribution is 9.10. The monoisotopic (exact) mass is 308 g/mol. The van der Waals surface area contributed by atoms with E-state index in [-0.39, 0.29) is 10.3 Å². The summed E-state index contributed by atoms with van der Waals surface area (Å²) in [5.41, 5.74) is 12.8. The first kappa shape index (κ1) is 12.6. The summed E-state index contributed by atoms with van der Waals surface area (Å²) in [6, 6.07) is 8.72. The Bertz CT molecular complexity index is 608. The molecule has 18 heavy (non-hydrogen) atoms. The van der Waals surface area contributed by atoms with Crippen molar-refractivity contribution in [2.45, 2.75) is 0 Å². The van der Waals surface area contributed by atoms with Gasteiger partial charge in [0.15, 0.2) is 5.78 Å². The summed E-state index contributed by atoms with van der Waals surface area (Å²) >= 11 is 3.04. The number of hydrogen-bond donors (Lipinski definition) is 2. The van der Waals surface area contributed by atoms with Crippen molar-refractivity contribution in [3.8, 4) is 0 Å². The molecule has 2 aromatic rings. The molecule has 0 amide bonds. The van der Waals surface area contributed by atoms with Crippen LogP contribution in [0.4, 0.5) is 15.8 Å². The Morgan fingerprint density at radius 3 is 2.17 bits per heavy atom. The van der Waals surface area contributed by atoms with E-state index in [1.54, 1.807) is 6.07 Å². The third-order valence-electron chi connectivity index (χ3n) is 2.42. The van der Waals surface area contributed by atoms with Crippen molar-refractivity contribution >= 4 is 33.1 Å². The molecule has 0 fully saturated rings. The number of carbonyl (C=O) groups is 1. The van der Waals surface area contributed by atoms with Gasteiger partial charge in [0, 0.05) is 22.5 Å². The standard InChI is InChI=1S/C13H10BrFN2O/c14-11-5-7(1-2-12(11)15)13(18)8-3-9(16)6-10(17)4-8/h1-6H,16-17H2. The van der Waals surface area contributed by atoms with Crippen LogP contribution in [0.1, 0.15) is 15.9 Å². The maximum atomic E-state index is 13.1. The Balaban J connectivity index is 2.44. The topological polar surface area (TPSA) is 69.1 Å². The zero-order valence-electron chi connectivity index (χ0n) is 9.28. The lowest BCUT2D eigenvalue weighted by atomic mass is 10.0. The van der Waals surface area contributed by atoms with E-state index in [0.29, 0.717) is 22.5 Å². The number of hydrogen-bond acceptors (Lipinski definition) is 3. The molecule has 0 spiro atoms. The molecule has 0 saturated heterocycles. The second kappa shape index (κ2) is 4.78. The highest BCUT2D eigenvalue weighted by Crippen LogP contribution is 2.21. The minimum Gasteiger partial charge on any atom is -0.399 e. The van der Waals surface area contributed by atoms with Crippen molar-refractivity contribution in [2.24, 2.45) is 0 Å². The highest BCUT2D eigenvalue weighted by Gasteiger charge is 2.12. The maximum Gasteiger partial charge on any atom is 0.193 e. The number of nitrogen functional groups attached to an aromatic ring is 2. The van der Waals surface area contributed by atoms with Gasteiger partial charge in [-0.3, -0.25) is 4.79 Å². The Hall–Kier alpha value is -1.88. The zero-order valence-corrected chi connectivity index (χ0v) is 10.9. The minimum absolute atomic E-state index is 0.241. The first-order chi connectivity index (χ1) is 8.47. The van der Waals surface area contributed by atoms with Crippen LogP contribution in [-0.4, -0.2) is 5.78 Å². The van der Waals surface area contributed by atoms with Crippen molar-refractivity contribution in [1.82, 2.24) is 0 Å². The molecule has 4 N–H and O–H groups in total. The van der Waals surface area contributed by atoms with E-state index >= 15 is 0 Å². The maximum absolute atomic E-state index is 13.1. The van der Waals surface area contributed by atoms with Gasteiger partial charge in [-0.2, -0.15) is 0 Å². The van der Waals surface area contributed by atoms with Gasteiger partial charge in [-0.25, -0.2) is 4.39 Å². The summed E-state index contributed by atoms with van der Waals surface area (Å²) in [4.78, 5) is 12.2. The molecule has 0 aliphatic carbocycles. The van der Waals surface area contributed by atoms with E-state index in [9.17, 15) is 9.18 Å². The van der Waals surface area contributed by atoms with Crippen molar-refractivity contribution in [2.75, 3.05) is 11.5 Å².